The second kappa shape index (κ2) is 7.85. The van der Waals surface area contributed by atoms with Gasteiger partial charge in [-0.05, 0) is 30.9 Å². The van der Waals surface area contributed by atoms with Crippen molar-refractivity contribution in [1.82, 2.24) is 5.32 Å². The first kappa shape index (κ1) is 18.8. The van der Waals surface area contributed by atoms with Crippen LogP contribution in [0.5, 0.6) is 5.75 Å². The number of esters is 1. The van der Waals surface area contributed by atoms with Gasteiger partial charge in [0, 0.05) is 12.5 Å². The van der Waals surface area contributed by atoms with Gasteiger partial charge in [0.2, 0.25) is 0 Å². The summed E-state index contributed by atoms with van der Waals surface area (Å²) in [5, 5.41) is 12.7. The Balaban J connectivity index is 1.42. The quantitative estimate of drug-likeness (QED) is 0.456. The molecular weight excluding hydrogens is 362 g/mol. The van der Waals surface area contributed by atoms with Crippen LogP contribution in [-0.2, 0) is 14.3 Å². The van der Waals surface area contributed by atoms with E-state index in [0.29, 0.717) is 12.3 Å². The molecule has 0 radical (unpaired) electrons. The summed E-state index contributed by atoms with van der Waals surface area (Å²) in [4.78, 5) is 36.8. The molecule has 1 saturated carbocycles. The van der Waals surface area contributed by atoms with Crippen molar-refractivity contribution in [2.24, 2.45) is 5.92 Å². The number of fused-ring (bicyclic) bond motifs is 1. The summed E-state index contributed by atoms with van der Waals surface area (Å²) in [5.74, 6) is -0.689. The third-order valence-corrected chi connectivity index (χ3v) is 5.53. The van der Waals surface area contributed by atoms with Crippen LogP contribution in [0.2, 0.25) is 0 Å². The summed E-state index contributed by atoms with van der Waals surface area (Å²) in [7, 11) is 0. The number of hydrogen-bond donors (Lipinski definition) is 2. The highest BCUT2D eigenvalue weighted by Gasteiger charge is 2.53. The van der Waals surface area contributed by atoms with Crippen molar-refractivity contribution in [3.05, 3.63) is 41.6 Å². The monoisotopic (exact) mass is 385 g/mol. The molecule has 1 heterocycles. The molecule has 0 bridgehead atoms. The van der Waals surface area contributed by atoms with Gasteiger partial charge in [-0.2, -0.15) is 0 Å². The summed E-state index contributed by atoms with van der Waals surface area (Å²) in [6.45, 7) is 0. The zero-order valence-corrected chi connectivity index (χ0v) is 15.4. The number of aliphatic hydroxyl groups is 1. The molecule has 0 aromatic heterocycles. The Morgan fingerprint density at radius 1 is 1.18 bits per heavy atom. The SMILES string of the molecule is O=C(CC1CCCCC1)Oc1ccccc1C(=O)NC1=CC(=O)C2OC2C1O. The molecule has 4 rings (SSSR count). The standard InChI is InChI=1S/C21H23NO6/c23-15-11-14(18(25)20-19(15)28-20)22-21(26)13-8-4-5-9-16(13)27-17(24)10-12-6-2-1-3-7-12/h4-5,8-9,11-12,18-20,25H,1-3,6-7,10H2,(H,22,26). The van der Waals surface area contributed by atoms with E-state index in [9.17, 15) is 19.5 Å². The van der Waals surface area contributed by atoms with E-state index in [0.717, 1.165) is 25.7 Å². The number of benzene rings is 1. The van der Waals surface area contributed by atoms with E-state index in [-0.39, 0.29) is 28.8 Å². The highest BCUT2D eigenvalue weighted by Crippen LogP contribution is 2.34. The van der Waals surface area contributed by atoms with E-state index in [1.807, 2.05) is 0 Å². The molecule has 148 valence electrons. The van der Waals surface area contributed by atoms with E-state index in [1.165, 1.54) is 18.6 Å². The molecule has 2 fully saturated rings. The second-order valence-electron chi connectivity index (χ2n) is 7.60. The predicted molar refractivity (Wildman–Crippen MR) is 98.5 cm³/mol. The lowest BCUT2D eigenvalue weighted by Crippen LogP contribution is -2.37. The molecule has 28 heavy (non-hydrogen) atoms. The van der Waals surface area contributed by atoms with Crippen molar-refractivity contribution < 1.29 is 29.0 Å². The minimum atomic E-state index is -1.06. The molecule has 2 N–H and O–H groups in total. The number of hydrogen-bond acceptors (Lipinski definition) is 6. The zero-order chi connectivity index (χ0) is 19.7. The lowest BCUT2D eigenvalue weighted by Gasteiger charge is -2.21. The lowest BCUT2D eigenvalue weighted by molar-refractivity contribution is -0.135. The average Bonchev–Trinajstić information content (AvgIpc) is 3.49. The molecule has 1 amide bonds. The van der Waals surface area contributed by atoms with E-state index < -0.39 is 24.2 Å². The van der Waals surface area contributed by atoms with Crippen molar-refractivity contribution in [2.75, 3.05) is 0 Å². The van der Waals surface area contributed by atoms with Gasteiger partial charge in [-0.3, -0.25) is 14.4 Å². The number of nitrogens with one attached hydrogen (secondary N) is 1. The highest BCUT2D eigenvalue weighted by molar-refractivity contribution is 6.02. The van der Waals surface area contributed by atoms with Crippen molar-refractivity contribution in [2.45, 2.75) is 56.8 Å². The Labute approximate surface area is 162 Å². The second-order valence-corrected chi connectivity index (χ2v) is 7.60. The number of carbonyl (C=O) groups excluding carboxylic acids is 3. The maximum absolute atomic E-state index is 12.7. The van der Waals surface area contributed by atoms with Crippen LogP contribution in [0.25, 0.3) is 0 Å². The molecular formula is C21H23NO6. The van der Waals surface area contributed by atoms with Crippen LogP contribution in [0, 0.1) is 5.92 Å². The van der Waals surface area contributed by atoms with Gasteiger partial charge in [-0.15, -0.1) is 0 Å². The van der Waals surface area contributed by atoms with Gasteiger partial charge < -0.3 is 19.9 Å². The average molecular weight is 385 g/mol. The van der Waals surface area contributed by atoms with Crippen LogP contribution in [0.1, 0.15) is 48.9 Å². The Morgan fingerprint density at radius 2 is 1.93 bits per heavy atom. The topological polar surface area (TPSA) is 105 Å². The van der Waals surface area contributed by atoms with Gasteiger partial charge >= 0.3 is 5.97 Å². The molecule has 7 nitrogen and oxygen atoms in total. The molecule has 1 aromatic carbocycles. The van der Waals surface area contributed by atoms with E-state index in [2.05, 4.69) is 5.32 Å². The smallest absolute Gasteiger partial charge is 0.311 e. The van der Waals surface area contributed by atoms with Crippen molar-refractivity contribution in [1.29, 1.82) is 0 Å². The molecule has 1 saturated heterocycles. The summed E-state index contributed by atoms with van der Waals surface area (Å²) < 4.78 is 10.6. The third-order valence-electron chi connectivity index (χ3n) is 5.53. The zero-order valence-electron chi connectivity index (χ0n) is 15.4. The van der Waals surface area contributed by atoms with Crippen LogP contribution in [0.3, 0.4) is 0 Å². The Kier molecular flexibility index (Phi) is 5.28. The fraction of sp³-hybridized carbons (Fsp3) is 0.476. The molecule has 3 aliphatic rings. The number of rotatable bonds is 5. The van der Waals surface area contributed by atoms with Crippen LogP contribution < -0.4 is 10.1 Å². The number of amides is 1. The highest BCUT2D eigenvalue weighted by atomic mass is 16.6. The number of ether oxygens (including phenoxy) is 2. The molecule has 1 aliphatic heterocycles. The minimum Gasteiger partial charge on any atom is -0.426 e. The molecule has 1 aromatic rings. The Bertz CT molecular complexity index is 826. The maximum atomic E-state index is 12.7. The van der Waals surface area contributed by atoms with Gasteiger partial charge in [-0.25, -0.2) is 0 Å². The van der Waals surface area contributed by atoms with Crippen LogP contribution in [-0.4, -0.2) is 41.1 Å². The fourth-order valence-corrected chi connectivity index (χ4v) is 3.93. The molecule has 7 heteroatoms. The number of aliphatic hydroxyl groups excluding tert-OH is 1. The number of carbonyl (C=O) groups is 3. The summed E-state index contributed by atoms with van der Waals surface area (Å²) >= 11 is 0. The largest absolute Gasteiger partial charge is 0.426 e. The molecule has 3 atom stereocenters. The number of ketones is 1. The first-order chi connectivity index (χ1) is 13.5. The van der Waals surface area contributed by atoms with Crippen LogP contribution >= 0.6 is 0 Å². The normalized spacial score (nSPS) is 26.8. The Hall–Kier alpha value is -2.51. The van der Waals surface area contributed by atoms with Crippen LogP contribution in [0.15, 0.2) is 36.0 Å². The van der Waals surface area contributed by atoms with E-state index in [1.54, 1.807) is 18.2 Å². The van der Waals surface area contributed by atoms with Crippen molar-refractivity contribution in [3.63, 3.8) is 0 Å². The lowest BCUT2D eigenvalue weighted by atomic mass is 9.87. The molecule has 0 spiro atoms. The van der Waals surface area contributed by atoms with Gasteiger partial charge in [0.05, 0.1) is 11.3 Å². The van der Waals surface area contributed by atoms with E-state index in [4.69, 9.17) is 9.47 Å². The van der Waals surface area contributed by atoms with E-state index >= 15 is 0 Å². The first-order valence-corrected chi connectivity index (χ1v) is 9.73. The Morgan fingerprint density at radius 3 is 2.71 bits per heavy atom. The summed E-state index contributed by atoms with van der Waals surface area (Å²) in [5.41, 5.74) is 0.260. The summed E-state index contributed by atoms with van der Waals surface area (Å²) in [6, 6.07) is 6.43. The van der Waals surface area contributed by atoms with Gasteiger partial charge in [0.1, 0.15) is 24.1 Å². The van der Waals surface area contributed by atoms with Gasteiger partial charge in [0.25, 0.3) is 5.91 Å². The molecule has 3 unspecified atom stereocenters. The van der Waals surface area contributed by atoms with Crippen LogP contribution in [0.4, 0.5) is 0 Å². The molecule has 2 aliphatic carbocycles. The predicted octanol–water partition coefficient (Wildman–Crippen LogP) is 1.89. The minimum absolute atomic E-state index is 0.0945. The number of para-hydroxylation sites is 1. The number of epoxide rings is 1. The van der Waals surface area contributed by atoms with Gasteiger partial charge in [0.15, 0.2) is 5.78 Å². The maximum Gasteiger partial charge on any atom is 0.311 e. The fourth-order valence-electron chi connectivity index (χ4n) is 3.93. The summed E-state index contributed by atoms with van der Waals surface area (Å²) in [6.07, 6.45) is 4.81. The van der Waals surface area contributed by atoms with Gasteiger partial charge in [-0.1, -0.05) is 31.4 Å². The van der Waals surface area contributed by atoms with Crippen molar-refractivity contribution in [3.8, 4) is 5.75 Å². The third kappa shape index (κ3) is 4.00. The van der Waals surface area contributed by atoms with Crippen molar-refractivity contribution >= 4 is 17.7 Å². The first-order valence-electron chi connectivity index (χ1n) is 9.73.